The van der Waals surface area contributed by atoms with Crippen LogP contribution in [-0.2, 0) is 6.54 Å². The molecule has 0 aliphatic heterocycles. The molecule has 27 heavy (non-hydrogen) atoms. The second kappa shape index (κ2) is 11.1. The van der Waals surface area contributed by atoms with Crippen LogP contribution < -0.4 is 10.6 Å². The molecule has 2 N–H and O–H groups in total. The first-order valence-corrected chi connectivity index (χ1v) is 10.7. The van der Waals surface area contributed by atoms with Gasteiger partial charge in [-0.25, -0.2) is 9.98 Å². The highest BCUT2D eigenvalue weighted by atomic mass is 32.1. The van der Waals surface area contributed by atoms with Crippen LogP contribution in [0.1, 0.15) is 46.7 Å². The topological polar surface area (TPSA) is 65.7 Å². The molecule has 0 atom stereocenters. The van der Waals surface area contributed by atoms with E-state index in [1.54, 1.807) is 17.6 Å². The van der Waals surface area contributed by atoms with Crippen LogP contribution in [0.15, 0.2) is 33.2 Å². The Labute approximate surface area is 167 Å². The number of aliphatic imine (C=N–C) groups is 1. The standard InChI is InChI=1S/C20H33N5OS/c1-6-21-20(22-10-8-11-25(15(2)3)16(4)5)23-13-17-14-26-19(24-17)18-9-7-12-27-18/h7,9,12,14-16H,6,8,10-11,13H2,1-5H3,(H2,21,22,23). The number of rotatable bonds is 10. The van der Waals surface area contributed by atoms with E-state index >= 15 is 0 Å². The molecule has 0 fully saturated rings. The smallest absolute Gasteiger partial charge is 0.236 e. The number of thiophene rings is 1. The van der Waals surface area contributed by atoms with Crippen molar-refractivity contribution in [3.63, 3.8) is 0 Å². The van der Waals surface area contributed by atoms with E-state index in [0.29, 0.717) is 24.5 Å². The molecule has 0 aromatic carbocycles. The van der Waals surface area contributed by atoms with E-state index in [4.69, 9.17) is 4.42 Å². The summed E-state index contributed by atoms with van der Waals surface area (Å²) >= 11 is 1.62. The van der Waals surface area contributed by atoms with E-state index in [9.17, 15) is 0 Å². The van der Waals surface area contributed by atoms with Crippen LogP contribution in [0.2, 0.25) is 0 Å². The van der Waals surface area contributed by atoms with Crippen molar-refractivity contribution in [1.82, 2.24) is 20.5 Å². The third-order valence-electron chi connectivity index (χ3n) is 4.24. The largest absolute Gasteiger partial charge is 0.443 e. The highest BCUT2D eigenvalue weighted by Gasteiger charge is 2.12. The predicted molar refractivity (Wildman–Crippen MR) is 114 cm³/mol. The van der Waals surface area contributed by atoms with Gasteiger partial charge in [0.15, 0.2) is 5.96 Å². The van der Waals surface area contributed by atoms with Crippen LogP contribution in [-0.4, -0.2) is 47.6 Å². The number of oxazole rings is 1. The van der Waals surface area contributed by atoms with Gasteiger partial charge in [-0.15, -0.1) is 11.3 Å². The maximum absolute atomic E-state index is 5.55. The predicted octanol–water partition coefficient (Wildman–Crippen LogP) is 3.97. The molecule has 2 heterocycles. The molecule has 150 valence electrons. The summed E-state index contributed by atoms with van der Waals surface area (Å²) in [4.78, 5) is 12.7. The minimum atomic E-state index is 0.494. The lowest BCUT2D eigenvalue weighted by Gasteiger charge is -2.30. The van der Waals surface area contributed by atoms with E-state index < -0.39 is 0 Å². The van der Waals surface area contributed by atoms with E-state index in [1.807, 2.05) is 17.5 Å². The van der Waals surface area contributed by atoms with Crippen LogP contribution in [0.25, 0.3) is 10.8 Å². The van der Waals surface area contributed by atoms with Crippen molar-refractivity contribution in [2.24, 2.45) is 4.99 Å². The molecule has 2 aromatic rings. The van der Waals surface area contributed by atoms with Gasteiger partial charge in [0.1, 0.15) is 12.0 Å². The van der Waals surface area contributed by atoms with Crippen molar-refractivity contribution in [1.29, 1.82) is 0 Å². The lowest BCUT2D eigenvalue weighted by molar-refractivity contribution is 0.173. The first kappa shape index (κ1) is 21.4. The molecule has 2 aromatic heterocycles. The molecule has 2 rings (SSSR count). The van der Waals surface area contributed by atoms with E-state index in [1.165, 1.54) is 0 Å². The van der Waals surface area contributed by atoms with E-state index in [2.05, 4.69) is 60.1 Å². The molecular weight excluding hydrogens is 358 g/mol. The van der Waals surface area contributed by atoms with Crippen molar-refractivity contribution in [3.05, 3.63) is 29.5 Å². The van der Waals surface area contributed by atoms with Gasteiger partial charge in [-0.1, -0.05) is 6.07 Å². The van der Waals surface area contributed by atoms with Gasteiger partial charge in [-0.2, -0.15) is 0 Å². The van der Waals surface area contributed by atoms with Crippen LogP contribution in [0.3, 0.4) is 0 Å². The SMILES string of the molecule is CCNC(=NCc1coc(-c2cccs2)n1)NCCCN(C(C)C)C(C)C. The van der Waals surface area contributed by atoms with Gasteiger partial charge in [-0.3, -0.25) is 4.90 Å². The fourth-order valence-electron chi connectivity index (χ4n) is 2.98. The second-order valence-electron chi connectivity index (χ2n) is 7.02. The third-order valence-corrected chi connectivity index (χ3v) is 5.10. The number of guanidine groups is 1. The van der Waals surface area contributed by atoms with Gasteiger partial charge < -0.3 is 15.1 Å². The average Bonchev–Trinajstić information content (AvgIpc) is 3.29. The van der Waals surface area contributed by atoms with E-state index in [0.717, 1.165) is 42.6 Å². The Morgan fingerprint density at radius 3 is 2.67 bits per heavy atom. The van der Waals surface area contributed by atoms with Crippen LogP contribution in [0, 0.1) is 0 Å². The molecule has 6 nitrogen and oxygen atoms in total. The zero-order valence-electron chi connectivity index (χ0n) is 17.2. The summed E-state index contributed by atoms with van der Waals surface area (Å²) in [7, 11) is 0. The summed E-state index contributed by atoms with van der Waals surface area (Å²) in [6.07, 6.45) is 2.76. The van der Waals surface area contributed by atoms with Gasteiger partial charge in [-0.05, 0) is 52.5 Å². The first-order valence-electron chi connectivity index (χ1n) is 9.77. The molecule has 0 radical (unpaired) electrons. The van der Waals surface area contributed by atoms with Crippen molar-refractivity contribution >= 4 is 17.3 Å². The fourth-order valence-corrected chi connectivity index (χ4v) is 3.63. The van der Waals surface area contributed by atoms with Crippen molar-refractivity contribution < 1.29 is 4.42 Å². The highest BCUT2D eigenvalue weighted by molar-refractivity contribution is 7.13. The summed E-state index contributed by atoms with van der Waals surface area (Å²) in [5, 5.41) is 8.72. The molecule has 0 spiro atoms. The molecular formula is C20H33N5OS. The van der Waals surface area contributed by atoms with Gasteiger partial charge in [0.05, 0.1) is 11.4 Å². The average molecular weight is 392 g/mol. The number of aromatic nitrogens is 1. The summed E-state index contributed by atoms with van der Waals surface area (Å²) in [6.45, 7) is 14.4. The lowest BCUT2D eigenvalue weighted by Crippen LogP contribution is -2.41. The molecule has 0 saturated heterocycles. The summed E-state index contributed by atoms with van der Waals surface area (Å²) < 4.78 is 5.55. The van der Waals surface area contributed by atoms with Crippen LogP contribution in [0.4, 0.5) is 0 Å². The Morgan fingerprint density at radius 1 is 1.26 bits per heavy atom. The molecule has 0 bridgehead atoms. The normalized spacial score (nSPS) is 12.4. The Kier molecular flexibility index (Phi) is 8.81. The Hall–Kier alpha value is -1.86. The highest BCUT2D eigenvalue weighted by Crippen LogP contribution is 2.23. The van der Waals surface area contributed by atoms with Crippen LogP contribution in [0.5, 0.6) is 0 Å². The Balaban J connectivity index is 1.83. The molecule has 7 heteroatoms. The van der Waals surface area contributed by atoms with Crippen LogP contribution >= 0.6 is 11.3 Å². The lowest BCUT2D eigenvalue weighted by atomic mass is 10.2. The van der Waals surface area contributed by atoms with Crippen molar-refractivity contribution in [2.45, 2.75) is 59.7 Å². The number of nitrogens with zero attached hydrogens (tertiary/aromatic N) is 3. The van der Waals surface area contributed by atoms with Gasteiger partial charge in [0, 0.05) is 31.7 Å². The first-order chi connectivity index (χ1) is 13.0. The summed E-state index contributed by atoms with van der Waals surface area (Å²) in [5.41, 5.74) is 0.835. The molecule has 0 aliphatic carbocycles. The van der Waals surface area contributed by atoms with Gasteiger partial charge >= 0.3 is 0 Å². The summed E-state index contributed by atoms with van der Waals surface area (Å²) in [5.74, 6) is 1.48. The van der Waals surface area contributed by atoms with Crippen molar-refractivity contribution in [2.75, 3.05) is 19.6 Å². The molecule has 0 saturated carbocycles. The minimum Gasteiger partial charge on any atom is -0.443 e. The fraction of sp³-hybridized carbons (Fsp3) is 0.600. The van der Waals surface area contributed by atoms with Gasteiger partial charge in [0.2, 0.25) is 5.89 Å². The summed E-state index contributed by atoms with van der Waals surface area (Å²) in [6, 6.07) is 5.13. The Morgan fingerprint density at radius 2 is 2.04 bits per heavy atom. The maximum Gasteiger partial charge on any atom is 0.236 e. The second-order valence-corrected chi connectivity index (χ2v) is 7.97. The van der Waals surface area contributed by atoms with E-state index in [-0.39, 0.29) is 0 Å². The monoisotopic (exact) mass is 391 g/mol. The quantitative estimate of drug-likeness (QED) is 0.364. The zero-order valence-corrected chi connectivity index (χ0v) is 18.0. The maximum atomic E-state index is 5.55. The minimum absolute atomic E-state index is 0.494. The number of hydrogen-bond donors (Lipinski definition) is 2. The Bertz CT molecular complexity index is 670. The third kappa shape index (κ3) is 6.99. The zero-order chi connectivity index (χ0) is 19.6. The van der Waals surface area contributed by atoms with Gasteiger partial charge in [0.25, 0.3) is 0 Å². The molecule has 0 unspecified atom stereocenters. The number of hydrogen-bond acceptors (Lipinski definition) is 5. The molecule has 0 aliphatic rings. The van der Waals surface area contributed by atoms with Crippen molar-refractivity contribution in [3.8, 4) is 10.8 Å². The number of nitrogens with one attached hydrogen (secondary N) is 2. The molecule has 0 amide bonds.